The molecule has 0 saturated heterocycles. The van der Waals surface area contributed by atoms with Crippen molar-refractivity contribution < 1.29 is 8.42 Å². The molecule has 0 unspecified atom stereocenters. The Morgan fingerprint density at radius 1 is 1.00 bits per heavy atom. The average molecular weight is 455 g/mol. The first-order valence-electron chi connectivity index (χ1n) is 9.83. The predicted octanol–water partition coefficient (Wildman–Crippen LogP) is 2.94. The zero-order valence-corrected chi connectivity index (χ0v) is 18.1. The highest BCUT2D eigenvalue weighted by molar-refractivity contribution is 7.89. The smallest absolute Gasteiger partial charge is 0.249 e. The van der Waals surface area contributed by atoms with E-state index in [1.54, 1.807) is 24.3 Å². The van der Waals surface area contributed by atoms with Crippen LogP contribution in [0, 0.1) is 0 Å². The van der Waals surface area contributed by atoms with Gasteiger partial charge in [0, 0.05) is 24.3 Å². The zero-order valence-electron chi connectivity index (χ0n) is 16.5. The molecule has 9 heteroatoms. The Balaban J connectivity index is 1.55. The van der Waals surface area contributed by atoms with Crippen LogP contribution in [-0.2, 0) is 29.5 Å². The normalized spacial score (nSPS) is 14.6. The Hall–Kier alpha value is -2.94. The largest absolute Gasteiger partial charge is 0.350 e. The molecule has 0 aliphatic carbocycles. The van der Waals surface area contributed by atoms with Gasteiger partial charge in [-0.3, -0.25) is 0 Å². The fourth-order valence-corrected chi connectivity index (χ4v) is 5.69. The maximum absolute atomic E-state index is 13.5. The molecule has 158 valence electrons. The van der Waals surface area contributed by atoms with Gasteiger partial charge in [-0.1, -0.05) is 48.0 Å². The van der Waals surface area contributed by atoms with Gasteiger partial charge in [0.1, 0.15) is 4.90 Å². The van der Waals surface area contributed by atoms with Crippen LogP contribution in [0.1, 0.15) is 16.7 Å². The van der Waals surface area contributed by atoms with Gasteiger partial charge in [0.2, 0.25) is 10.0 Å². The highest BCUT2D eigenvalue weighted by Crippen LogP contribution is 2.26. The molecule has 0 spiro atoms. The van der Waals surface area contributed by atoms with Crippen LogP contribution < -0.4 is 5.69 Å². The first-order chi connectivity index (χ1) is 14.9. The molecule has 2 aromatic carbocycles. The fourth-order valence-electron chi connectivity index (χ4n) is 3.94. The number of fused-ring (bicyclic) bond motifs is 2. The van der Waals surface area contributed by atoms with Crippen LogP contribution in [0.25, 0.3) is 5.65 Å². The van der Waals surface area contributed by atoms with E-state index in [0.717, 1.165) is 16.7 Å². The monoisotopic (exact) mass is 454 g/mol. The van der Waals surface area contributed by atoms with Crippen molar-refractivity contribution in [2.24, 2.45) is 0 Å². The van der Waals surface area contributed by atoms with Crippen molar-refractivity contribution in [3.63, 3.8) is 0 Å². The predicted molar refractivity (Wildman–Crippen MR) is 118 cm³/mol. The van der Waals surface area contributed by atoms with Gasteiger partial charge in [-0.15, -0.1) is 5.10 Å². The lowest BCUT2D eigenvalue weighted by atomic mass is 10.0. The standard InChI is InChI=1S/C22H19ClN4O3S/c23-19-8-3-5-16(13-19)14-27-22(28)26-11-4-9-20(21(26)24-27)31(29,30)25-12-10-17-6-1-2-7-18(17)15-25/h1-9,11,13H,10,12,14-15H2. The van der Waals surface area contributed by atoms with Crippen molar-refractivity contribution in [3.05, 3.63) is 99.1 Å². The summed E-state index contributed by atoms with van der Waals surface area (Å²) in [5.74, 6) is 0. The van der Waals surface area contributed by atoms with E-state index in [0.29, 0.717) is 24.5 Å². The van der Waals surface area contributed by atoms with Crippen LogP contribution in [0.3, 0.4) is 0 Å². The second-order valence-electron chi connectivity index (χ2n) is 7.49. The minimum absolute atomic E-state index is 0.0244. The van der Waals surface area contributed by atoms with E-state index in [9.17, 15) is 13.2 Å². The van der Waals surface area contributed by atoms with E-state index in [-0.39, 0.29) is 17.1 Å². The number of nitrogens with zero attached hydrogens (tertiary/aromatic N) is 4. The third kappa shape index (κ3) is 3.56. The average Bonchev–Trinajstić information content (AvgIpc) is 3.08. The summed E-state index contributed by atoms with van der Waals surface area (Å²) in [5.41, 5.74) is 2.67. The molecule has 5 rings (SSSR count). The zero-order chi connectivity index (χ0) is 21.6. The van der Waals surface area contributed by atoms with Gasteiger partial charge in [0.15, 0.2) is 5.65 Å². The van der Waals surface area contributed by atoms with E-state index in [2.05, 4.69) is 5.10 Å². The number of halogens is 1. The van der Waals surface area contributed by atoms with Crippen molar-refractivity contribution in [2.45, 2.75) is 24.4 Å². The lowest BCUT2D eigenvalue weighted by Gasteiger charge is -2.28. The van der Waals surface area contributed by atoms with Gasteiger partial charge in [-0.25, -0.2) is 22.3 Å². The Morgan fingerprint density at radius 2 is 1.81 bits per heavy atom. The van der Waals surface area contributed by atoms with Crippen LogP contribution in [0.4, 0.5) is 0 Å². The van der Waals surface area contributed by atoms with Crippen molar-refractivity contribution >= 4 is 27.3 Å². The topological polar surface area (TPSA) is 76.7 Å². The molecule has 1 aliphatic heterocycles. The lowest BCUT2D eigenvalue weighted by molar-refractivity contribution is 0.391. The lowest BCUT2D eigenvalue weighted by Crippen LogP contribution is -2.36. The Morgan fingerprint density at radius 3 is 2.61 bits per heavy atom. The van der Waals surface area contributed by atoms with E-state index in [1.807, 2.05) is 30.3 Å². The summed E-state index contributed by atoms with van der Waals surface area (Å²) in [6.07, 6.45) is 2.18. The van der Waals surface area contributed by atoms with Crippen LogP contribution in [0.15, 0.2) is 76.6 Å². The van der Waals surface area contributed by atoms with E-state index in [4.69, 9.17) is 11.6 Å². The molecule has 4 aromatic rings. The van der Waals surface area contributed by atoms with Gasteiger partial charge in [-0.2, -0.15) is 4.31 Å². The number of hydrogen-bond donors (Lipinski definition) is 0. The molecule has 1 aliphatic rings. The number of rotatable bonds is 4. The molecule has 0 bridgehead atoms. The Labute approximate surface area is 184 Å². The maximum atomic E-state index is 13.5. The van der Waals surface area contributed by atoms with E-state index < -0.39 is 15.7 Å². The molecule has 0 radical (unpaired) electrons. The Kier molecular flexibility index (Phi) is 4.92. The second kappa shape index (κ2) is 7.64. The molecular weight excluding hydrogens is 436 g/mol. The number of sulfonamides is 1. The maximum Gasteiger partial charge on any atom is 0.350 e. The first-order valence-corrected chi connectivity index (χ1v) is 11.6. The molecule has 7 nitrogen and oxygen atoms in total. The summed E-state index contributed by atoms with van der Waals surface area (Å²) in [6, 6.07) is 18.0. The first kappa shape index (κ1) is 20.0. The van der Waals surface area contributed by atoms with Gasteiger partial charge in [0.25, 0.3) is 0 Å². The molecule has 0 atom stereocenters. The van der Waals surface area contributed by atoms with Crippen molar-refractivity contribution in [1.82, 2.24) is 18.5 Å². The molecule has 0 N–H and O–H groups in total. The SMILES string of the molecule is O=c1n(Cc2cccc(Cl)c2)nc2c(S(=O)(=O)N3CCc4ccccc4C3)cccn12. The highest BCUT2D eigenvalue weighted by atomic mass is 35.5. The minimum Gasteiger partial charge on any atom is -0.249 e. The van der Waals surface area contributed by atoms with Crippen molar-refractivity contribution in [3.8, 4) is 0 Å². The quantitative estimate of drug-likeness (QED) is 0.475. The Bertz CT molecular complexity index is 1460. The third-order valence-electron chi connectivity index (χ3n) is 5.51. The second-order valence-corrected chi connectivity index (χ2v) is 9.84. The van der Waals surface area contributed by atoms with Crippen LogP contribution in [-0.4, -0.2) is 33.4 Å². The minimum atomic E-state index is -3.84. The molecule has 2 aromatic heterocycles. The van der Waals surface area contributed by atoms with Crippen molar-refractivity contribution in [2.75, 3.05) is 6.54 Å². The van der Waals surface area contributed by atoms with Gasteiger partial charge in [0.05, 0.1) is 6.54 Å². The molecule has 0 amide bonds. The third-order valence-corrected chi connectivity index (χ3v) is 7.61. The van der Waals surface area contributed by atoms with Crippen LogP contribution in [0.5, 0.6) is 0 Å². The summed E-state index contributed by atoms with van der Waals surface area (Å²) < 4.78 is 30.9. The molecule has 0 saturated carbocycles. The van der Waals surface area contributed by atoms with E-state index >= 15 is 0 Å². The van der Waals surface area contributed by atoms with Gasteiger partial charge >= 0.3 is 5.69 Å². The summed E-state index contributed by atoms with van der Waals surface area (Å²) in [4.78, 5) is 12.9. The molecule has 3 heterocycles. The summed E-state index contributed by atoms with van der Waals surface area (Å²) in [5, 5.41) is 4.92. The molecule has 31 heavy (non-hydrogen) atoms. The molecule has 0 fully saturated rings. The molecular formula is C22H19ClN4O3S. The van der Waals surface area contributed by atoms with Crippen molar-refractivity contribution in [1.29, 1.82) is 0 Å². The number of benzene rings is 2. The number of aromatic nitrogens is 3. The van der Waals surface area contributed by atoms with E-state index in [1.165, 1.54) is 25.7 Å². The van der Waals surface area contributed by atoms with Gasteiger partial charge in [-0.05, 0) is 47.4 Å². The summed E-state index contributed by atoms with van der Waals surface area (Å²) >= 11 is 6.04. The number of pyridine rings is 1. The van der Waals surface area contributed by atoms with Crippen LogP contribution >= 0.6 is 11.6 Å². The van der Waals surface area contributed by atoms with Gasteiger partial charge < -0.3 is 0 Å². The number of hydrogen-bond acceptors (Lipinski definition) is 4. The highest BCUT2D eigenvalue weighted by Gasteiger charge is 2.31. The van der Waals surface area contributed by atoms with Crippen LogP contribution in [0.2, 0.25) is 5.02 Å². The summed E-state index contributed by atoms with van der Waals surface area (Å²) in [7, 11) is -3.84. The summed E-state index contributed by atoms with van der Waals surface area (Å²) in [6.45, 7) is 0.874. The fraction of sp³-hybridized carbons (Fsp3) is 0.182.